The number of aromatic nitrogens is 2. The highest BCUT2D eigenvalue weighted by molar-refractivity contribution is 7.91. The van der Waals surface area contributed by atoms with Crippen LogP contribution < -0.4 is 19.5 Å². The first-order valence-corrected chi connectivity index (χ1v) is 20.5. The van der Waals surface area contributed by atoms with Crippen molar-refractivity contribution in [2.24, 2.45) is 17.8 Å². The second kappa shape index (κ2) is 14.1. The maximum absolute atomic E-state index is 14.4. The Labute approximate surface area is 314 Å². The highest BCUT2D eigenvalue weighted by Crippen LogP contribution is 2.48. The topological polar surface area (TPSA) is 157 Å². The maximum Gasteiger partial charge on any atom is 0.259 e. The summed E-state index contributed by atoms with van der Waals surface area (Å²) in [7, 11) is -0.572. The Kier molecular flexibility index (Phi) is 9.78. The van der Waals surface area contributed by atoms with Crippen LogP contribution in [-0.2, 0) is 24.4 Å². The van der Waals surface area contributed by atoms with Gasteiger partial charge in [-0.15, -0.1) is 17.8 Å². The Hall–Kier alpha value is -4.48. The number of pyridine rings is 1. The number of hydrogen-bond donors (Lipinski definition) is 2. The zero-order valence-corrected chi connectivity index (χ0v) is 32.1. The lowest BCUT2D eigenvalue weighted by molar-refractivity contribution is -0.145. The zero-order valence-electron chi connectivity index (χ0n) is 30.4. The fourth-order valence-electron chi connectivity index (χ4n) is 7.61. The highest BCUT2D eigenvalue weighted by Gasteiger charge is 2.63. The van der Waals surface area contributed by atoms with Gasteiger partial charge in [-0.05, 0) is 89.7 Å². The van der Waals surface area contributed by atoms with E-state index in [1.807, 2.05) is 37.3 Å². The predicted octanol–water partition coefficient (Wildman–Crippen LogP) is 4.89. The summed E-state index contributed by atoms with van der Waals surface area (Å²) in [6.45, 7) is 4.10. The molecule has 2 N–H and O–H groups in total. The minimum atomic E-state index is -3.94. The number of allylic oxidation sites excluding steroid dienone is 1. The largest absolute Gasteiger partial charge is 0.496 e. The van der Waals surface area contributed by atoms with Gasteiger partial charge in [-0.25, -0.2) is 18.4 Å². The lowest BCUT2D eigenvalue weighted by Gasteiger charge is -2.37. The molecule has 4 aliphatic rings. The van der Waals surface area contributed by atoms with E-state index >= 15 is 0 Å². The van der Waals surface area contributed by atoms with Crippen molar-refractivity contribution in [3.05, 3.63) is 47.0 Å². The first-order valence-electron chi connectivity index (χ1n) is 18.2. The molecule has 3 aliphatic carbocycles. The van der Waals surface area contributed by atoms with E-state index in [4.69, 9.17) is 20.9 Å². The molecule has 0 radical (unpaired) electrons. The zero-order chi connectivity index (χ0) is 37.7. The standard InChI is InChI=1S/C39H45N5O7S2/c1-6-25-22-52-35(40-25)30-20-32(28-14-15-31(50-5)23(2)33(28)41-30)51-26-12-13-27-29(19-26)34(45)42-39(37(47)43-53(48,49)38(3)16-17-38)21-24(39)11-9-7-8-10-18-44(4)36(27)46/h1,9,11,14-15,20,22,24,26-27,29H,7-8,10,12-13,16-19,21H2,2-5H3,(H,42,45)(H,43,47)/b11-9-/t24?,26-,27+,29+,39+/m0/s1. The van der Waals surface area contributed by atoms with Crippen LogP contribution in [-0.4, -0.2) is 78.1 Å². The molecule has 3 amide bonds. The van der Waals surface area contributed by atoms with Gasteiger partial charge in [0, 0.05) is 47.8 Å². The minimum Gasteiger partial charge on any atom is -0.496 e. The summed E-state index contributed by atoms with van der Waals surface area (Å²) in [6, 6.07) is 5.57. The average molecular weight is 760 g/mol. The summed E-state index contributed by atoms with van der Waals surface area (Å²) in [6.07, 6.45) is 13.7. The van der Waals surface area contributed by atoms with Crippen molar-refractivity contribution in [2.75, 3.05) is 20.7 Å². The number of terminal acetylenes is 1. The predicted molar refractivity (Wildman–Crippen MR) is 202 cm³/mol. The number of sulfonamides is 1. The number of carbonyl (C=O) groups is 3. The molecule has 1 unspecified atom stereocenters. The van der Waals surface area contributed by atoms with Crippen molar-refractivity contribution in [3.8, 4) is 34.5 Å². The smallest absolute Gasteiger partial charge is 0.259 e. The molecule has 0 saturated heterocycles. The van der Waals surface area contributed by atoms with E-state index in [1.165, 1.54) is 11.3 Å². The second-order valence-corrected chi connectivity index (χ2v) is 18.1. The van der Waals surface area contributed by atoms with E-state index in [1.54, 1.807) is 31.4 Å². The molecule has 12 nitrogen and oxygen atoms in total. The molecular formula is C39H45N5O7S2. The van der Waals surface area contributed by atoms with Crippen molar-refractivity contribution >= 4 is 50.0 Å². The monoisotopic (exact) mass is 759 g/mol. The van der Waals surface area contributed by atoms with Crippen LogP contribution in [0.2, 0.25) is 0 Å². The molecule has 53 heavy (non-hydrogen) atoms. The van der Waals surface area contributed by atoms with Crippen molar-refractivity contribution < 1.29 is 32.3 Å². The molecule has 14 heteroatoms. The maximum atomic E-state index is 14.4. The van der Waals surface area contributed by atoms with E-state index in [9.17, 15) is 22.8 Å². The molecule has 2 aromatic heterocycles. The van der Waals surface area contributed by atoms with E-state index in [2.05, 4.69) is 20.9 Å². The Morgan fingerprint density at radius 3 is 2.66 bits per heavy atom. The van der Waals surface area contributed by atoms with Crippen LogP contribution in [0.3, 0.4) is 0 Å². The van der Waals surface area contributed by atoms with E-state index in [-0.39, 0.29) is 24.7 Å². The SMILES string of the molecule is C#Cc1csc(-c2cc(O[C@H]3CC[C@H]4C(=O)N(C)CCCC/C=C\C5C[C@@]5(C(=O)NS(=O)(=O)C5(C)CC5)NC(=O)[C@@H]4C3)c3ccc(OC)c(C)c3n2)n1. The molecule has 3 fully saturated rings. The van der Waals surface area contributed by atoms with Gasteiger partial charge in [0.05, 0.1) is 29.4 Å². The fraction of sp³-hybridized carbons (Fsp3) is 0.513. The van der Waals surface area contributed by atoms with Gasteiger partial charge in [0.15, 0.2) is 0 Å². The number of nitrogens with one attached hydrogen (secondary N) is 2. The lowest BCUT2D eigenvalue weighted by atomic mass is 9.76. The van der Waals surface area contributed by atoms with Crippen LogP contribution >= 0.6 is 11.3 Å². The number of hydrogen-bond acceptors (Lipinski definition) is 10. The Morgan fingerprint density at radius 1 is 1.15 bits per heavy atom. The Balaban J connectivity index is 1.21. The van der Waals surface area contributed by atoms with Crippen LogP contribution in [0, 0.1) is 37.0 Å². The van der Waals surface area contributed by atoms with Gasteiger partial charge in [-0.3, -0.25) is 19.1 Å². The van der Waals surface area contributed by atoms with E-state index in [0.717, 1.165) is 30.2 Å². The molecule has 1 aromatic carbocycles. The molecule has 280 valence electrons. The third-order valence-electron chi connectivity index (χ3n) is 11.4. The summed E-state index contributed by atoms with van der Waals surface area (Å²) >= 11 is 1.38. The molecule has 0 spiro atoms. The summed E-state index contributed by atoms with van der Waals surface area (Å²) < 4.78 is 39.9. The highest BCUT2D eigenvalue weighted by atomic mass is 32.2. The van der Waals surface area contributed by atoms with Gasteiger partial charge < -0.3 is 19.7 Å². The van der Waals surface area contributed by atoms with Gasteiger partial charge in [-0.2, -0.15) is 0 Å². The van der Waals surface area contributed by atoms with Gasteiger partial charge in [0.1, 0.15) is 33.4 Å². The number of carbonyl (C=O) groups excluding carboxylic acids is 3. The molecule has 5 atom stereocenters. The lowest BCUT2D eigenvalue weighted by Crippen LogP contribution is -2.56. The molecule has 3 aromatic rings. The third-order valence-corrected chi connectivity index (χ3v) is 14.5. The van der Waals surface area contributed by atoms with Crippen molar-refractivity contribution in [1.29, 1.82) is 0 Å². The summed E-state index contributed by atoms with van der Waals surface area (Å²) in [5.41, 5.74) is 1.14. The molecule has 0 bridgehead atoms. The average Bonchev–Trinajstić information content (AvgIpc) is 4.01. The number of thiazole rings is 1. The first kappa shape index (κ1) is 36.9. The number of aryl methyl sites for hydroxylation is 1. The number of nitrogens with zero attached hydrogens (tertiary/aromatic N) is 3. The first-order chi connectivity index (χ1) is 25.3. The summed E-state index contributed by atoms with van der Waals surface area (Å²) in [4.78, 5) is 53.4. The van der Waals surface area contributed by atoms with Crippen molar-refractivity contribution in [3.63, 3.8) is 0 Å². The number of fused-ring (bicyclic) bond motifs is 3. The van der Waals surface area contributed by atoms with Crippen LogP contribution in [0.15, 0.2) is 35.7 Å². The molecule has 1 aliphatic heterocycles. The van der Waals surface area contributed by atoms with E-state index < -0.39 is 50.1 Å². The third kappa shape index (κ3) is 7.01. The van der Waals surface area contributed by atoms with Crippen molar-refractivity contribution in [1.82, 2.24) is 24.9 Å². The molecule has 3 saturated carbocycles. The van der Waals surface area contributed by atoms with Gasteiger partial charge in [0.25, 0.3) is 5.91 Å². The van der Waals surface area contributed by atoms with Crippen LogP contribution in [0.5, 0.6) is 11.5 Å². The van der Waals surface area contributed by atoms with Gasteiger partial charge in [-0.1, -0.05) is 12.2 Å². The number of methoxy groups -OCH3 is 1. The summed E-state index contributed by atoms with van der Waals surface area (Å²) in [5, 5.41) is 6.15. The van der Waals surface area contributed by atoms with Gasteiger partial charge in [0.2, 0.25) is 21.8 Å². The van der Waals surface area contributed by atoms with Crippen LogP contribution in [0.25, 0.3) is 21.6 Å². The summed E-state index contributed by atoms with van der Waals surface area (Å²) in [5.74, 6) is 0.612. The second-order valence-electron chi connectivity index (χ2n) is 15.1. The van der Waals surface area contributed by atoms with Gasteiger partial charge >= 0.3 is 0 Å². The number of amides is 3. The normalized spacial score (nSPS) is 27.6. The number of ether oxygens (including phenoxy) is 2. The van der Waals surface area contributed by atoms with Crippen LogP contribution in [0.4, 0.5) is 0 Å². The number of benzene rings is 1. The fourth-order valence-corrected chi connectivity index (χ4v) is 9.64. The Bertz CT molecular complexity index is 2150. The molecule has 7 rings (SSSR count). The number of rotatable bonds is 7. The van der Waals surface area contributed by atoms with Crippen LogP contribution in [0.1, 0.15) is 76.0 Å². The minimum absolute atomic E-state index is 0.126. The Morgan fingerprint density at radius 2 is 1.94 bits per heavy atom. The molecule has 3 heterocycles. The molecular weight excluding hydrogens is 715 g/mol. The van der Waals surface area contributed by atoms with Crippen molar-refractivity contribution in [2.45, 2.75) is 88.0 Å². The quantitative estimate of drug-likeness (QED) is 0.253. The van der Waals surface area contributed by atoms with E-state index in [0.29, 0.717) is 65.6 Å².